The third kappa shape index (κ3) is 6.39. The van der Waals surface area contributed by atoms with E-state index in [0.717, 1.165) is 16.7 Å². The lowest BCUT2D eigenvalue weighted by Crippen LogP contribution is -2.02. The maximum Gasteiger partial charge on any atom is 0.175 e. The average molecular weight is 534 g/mol. The number of hydrogen-bond acceptors (Lipinski definition) is 5. The minimum absolute atomic E-state index is 0.199. The normalized spacial score (nSPS) is 10.7. The Balaban J connectivity index is 1.70. The molecule has 0 aromatic heterocycles. The van der Waals surface area contributed by atoms with Gasteiger partial charge in [-0.3, -0.25) is 0 Å². The molecule has 0 bridgehead atoms. The summed E-state index contributed by atoms with van der Waals surface area (Å²) >= 11 is 15.6. The summed E-state index contributed by atoms with van der Waals surface area (Å²) in [5.74, 6) is 1.14. The van der Waals surface area contributed by atoms with Crippen molar-refractivity contribution in [2.24, 2.45) is 5.16 Å². The zero-order chi connectivity index (χ0) is 22.9. The fourth-order valence-corrected chi connectivity index (χ4v) is 3.71. The van der Waals surface area contributed by atoms with E-state index >= 15 is 0 Å². The van der Waals surface area contributed by atoms with E-state index < -0.39 is 0 Å². The molecule has 0 spiro atoms. The zero-order valence-electron chi connectivity index (χ0n) is 17.1. The van der Waals surface area contributed by atoms with Gasteiger partial charge in [-0.1, -0.05) is 52.6 Å². The molecule has 0 radical (unpaired) electrons. The van der Waals surface area contributed by atoms with Crippen molar-refractivity contribution in [2.45, 2.75) is 20.1 Å². The second-order valence-electron chi connectivity index (χ2n) is 6.58. The van der Waals surface area contributed by atoms with Crippen LogP contribution in [0.1, 0.15) is 29.2 Å². The van der Waals surface area contributed by atoms with Crippen LogP contribution in [0.3, 0.4) is 0 Å². The van der Waals surface area contributed by atoms with E-state index in [0.29, 0.717) is 44.8 Å². The van der Waals surface area contributed by atoms with Crippen LogP contribution < -0.4 is 9.47 Å². The van der Waals surface area contributed by atoms with Crippen LogP contribution in [-0.2, 0) is 18.1 Å². The van der Waals surface area contributed by atoms with E-state index in [4.69, 9.17) is 42.8 Å². The molecule has 3 aromatic rings. The Morgan fingerprint density at radius 1 is 1.03 bits per heavy atom. The molecular formula is C24H19BrCl2N2O3. The fourth-order valence-electron chi connectivity index (χ4n) is 2.81. The third-order valence-electron chi connectivity index (χ3n) is 4.33. The van der Waals surface area contributed by atoms with Crippen molar-refractivity contribution in [1.82, 2.24) is 0 Å². The molecule has 0 fully saturated rings. The summed E-state index contributed by atoms with van der Waals surface area (Å²) in [6.45, 7) is 2.86. The monoisotopic (exact) mass is 532 g/mol. The van der Waals surface area contributed by atoms with Gasteiger partial charge in [-0.2, -0.15) is 5.26 Å². The predicted molar refractivity (Wildman–Crippen MR) is 130 cm³/mol. The van der Waals surface area contributed by atoms with Crippen LogP contribution in [0.15, 0.2) is 64.2 Å². The van der Waals surface area contributed by atoms with Crippen molar-refractivity contribution in [1.29, 1.82) is 5.26 Å². The molecule has 0 unspecified atom stereocenters. The summed E-state index contributed by atoms with van der Waals surface area (Å²) < 4.78 is 12.4. The highest BCUT2D eigenvalue weighted by Gasteiger charge is 2.13. The number of nitrogens with zero attached hydrogens (tertiary/aromatic N) is 2. The number of nitriles is 1. The highest BCUT2D eigenvalue weighted by Crippen LogP contribution is 2.37. The van der Waals surface area contributed by atoms with Gasteiger partial charge in [0.15, 0.2) is 11.5 Å². The summed E-state index contributed by atoms with van der Waals surface area (Å²) in [5, 5.41) is 14.1. The SMILES string of the molecule is CCOc1cc(/C=N\OCc2ccccc2C#N)cc(Br)c1OCc1ccc(Cl)c(Cl)c1. The van der Waals surface area contributed by atoms with E-state index in [2.05, 4.69) is 27.2 Å². The quantitative estimate of drug-likeness (QED) is 0.216. The Labute approximate surface area is 205 Å². The Kier molecular flexibility index (Phi) is 8.81. The van der Waals surface area contributed by atoms with Gasteiger partial charge in [0.25, 0.3) is 0 Å². The molecule has 0 saturated heterocycles. The van der Waals surface area contributed by atoms with Gasteiger partial charge < -0.3 is 14.3 Å². The maximum atomic E-state index is 9.15. The molecule has 5 nitrogen and oxygen atoms in total. The molecule has 0 aliphatic heterocycles. The van der Waals surface area contributed by atoms with Crippen LogP contribution in [0.2, 0.25) is 10.0 Å². The van der Waals surface area contributed by atoms with E-state index in [-0.39, 0.29) is 6.61 Å². The van der Waals surface area contributed by atoms with Gasteiger partial charge in [-0.15, -0.1) is 0 Å². The van der Waals surface area contributed by atoms with Crippen LogP contribution in [0.5, 0.6) is 11.5 Å². The molecule has 0 aliphatic carbocycles. The molecule has 3 rings (SSSR count). The first-order valence-electron chi connectivity index (χ1n) is 9.68. The summed E-state index contributed by atoms with van der Waals surface area (Å²) in [6, 6.07) is 18.4. The summed E-state index contributed by atoms with van der Waals surface area (Å²) in [6.07, 6.45) is 1.57. The van der Waals surface area contributed by atoms with Crippen molar-refractivity contribution in [3.63, 3.8) is 0 Å². The van der Waals surface area contributed by atoms with Crippen LogP contribution >= 0.6 is 39.1 Å². The van der Waals surface area contributed by atoms with Crippen molar-refractivity contribution in [2.75, 3.05) is 6.61 Å². The molecule has 0 atom stereocenters. The van der Waals surface area contributed by atoms with E-state index in [1.54, 1.807) is 24.4 Å². The van der Waals surface area contributed by atoms with Gasteiger partial charge in [0.1, 0.15) is 13.2 Å². The van der Waals surface area contributed by atoms with Crippen molar-refractivity contribution in [3.05, 3.63) is 91.4 Å². The van der Waals surface area contributed by atoms with E-state index in [9.17, 15) is 0 Å². The van der Waals surface area contributed by atoms with Crippen molar-refractivity contribution in [3.8, 4) is 17.6 Å². The Morgan fingerprint density at radius 2 is 1.84 bits per heavy atom. The van der Waals surface area contributed by atoms with Crippen molar-refractivity contribution >= 4 is 45.3 Å². The number of rotatable bonds is 9. The first-order chi connectivity index (χ1) is 15.5. The molecule has 0 N–H and O–H groups in total. The Morgan fingerprint density at radius 3 is 2.59 bits per heavy atom. The highest BCUT2D eigenvalue weighted by molar-refractivity contribution is 9.10. The smallest absolute Gasteiger partial charge is 0.175 e. The maximum absolute atomic E-state index is 9.15. The second kappa shape index (κ2) is 11.8. The van der Waals surface area contributed by atoms with Crippen LogP contribution in [-0.4, -0.2) is 12.8 Å². The van der Waals surface area contributed by atoms with Gasteiger partial charge in [0, 0.05) is 11.1 Å². The lowest BCUT2D eigenvalue weighted by molar-refractivity contribution is 0.132. The molecule has 3 aromatic carbocycles. The minimum atomic E-state index is 0.199. The van der Waals surface area contributed by atoms with Gasteiger partial charge in [0.2, 0.25) is 0 Å². The molecule has 8 heteroatoms. The zero-order valence-corrected chi connectivity index (χ0v) is 20.2. The van der Waals surface area contributed by atoms with Gasteiger partial charge in [-0.05, 0) is 58.7 Å². The lowest BCUT2D eigenvalue weighted by Gasteiger charge is -2.15. The average Bonchev–Trinajstić information content (AvgIpc) is 2.79. The number of oxime groups is 1. The van der Waals surface area contributed by atoms with E-state index in [1.807, 2.05) is 43.3 Å². The molecule has 32 heavy (non-hydrogen) atoms. The molecular weight excluding hydrogens is 515 g/mol. The third-order valence-corrected chi connectivity index (χ3v) is 5.66. The van der Waals surface area contributed by atoms with Crippen LogP contribution in [0.4, 0.5) is 0 Å². The topological polar surface area (TPSA) is 63.8 Å². The predicted octanol–water partition coefficient (Wildman–Crippen LogP) is 7.16. The second-order valence-corrected chi connectivity index (χ2v) is 8.25. The Bertz CT molecular complexity index is 1160. The van der Waals surface area contributed by atoms with Crippen LogP contribution in [0.25, 0.3) is 0 Å². The largest absolute Gasteiger partial charge is 0.490 e. The highest BCUT2D eigenvalue weighted by atomic mass is 79.9. The van der Waals surface area contributed by atoms with Gasteiger partial charge >= 0.3 is 0 Å². The number of ether oxygens (including phenoxy) is 2. The summed E-state index contributed by atoms with van der Waals surface area (Å²) in [5.41, 5.74) is 2.98. The van der Waals surface area contributed by atoms with Crippen molar-refractivity contribution < 1.29 is 14.3 Å². The number of benzene rings is 3. The summed E-state index contributed by atoms with van der Waals surface area (Å²) in [7, 11) is 0. The van der Waals surface area contributed by atoms with Gasteiger partial charge in [-0.25, -0.2) is 0 Å². The first kappa shape index (κ1) is 23.9. The number of halogens is 3. The molecule has 0 amide bonds. The number of hydrogen-bond donors (Lipinski definition) is 0. The Hall–Kier alpha value is -2.72. The molecule has 0 heterocycles. The fraction of sp³-hybridized carbons (Fsp3) is 0.167. The minimum Gasteiger partial charge on any atom is -0.490 e. The lowest BCUT2D eigenvalue weighted by atomic mass is 10.1. The molecule has 164 valence electrons. The standard InChI is InChI=1S/C24H19BrCl2N2O3/c1-2-30-23-11-17(13-29-32-15-19-6-4-3-5-18(19)12-28)9-20(25)24(23)31-14-16-7-8-21(26)22(27)10-16/h3-11,13H,2,14-15H2,1H3/b29-13-. The molecule has 0 saturated carbocycles. The van der Waals surface area contributed by atoms with Crippen LogP contribution in [0, 0.1) is 11.3 Å². The molecule has 0 aliphatic rings. The first-order valence-corrected chi connectivity index (χ1v) is 11.2. The van der Waals surface area contributed by atoms with Gasteiger partial charge in [0.05, 0.1) is 39.0 Å². The van der Waals surface area contributed by atoms with E-state index in [1.165, 1.54) is 0 Å². The summed E-state index contributed by atoms with van der Waals surface area (Å²) in [4.78, 5) is 5.37.